The molecule has 0 bridgehead atoms. The van der Waals surface area contributed by atoms with Gasteiger partial charge in [-0.3, -0.25) is 9.69 Å². The summed E-state index contributed by atoms with van der Waals surface area (Å²) in [5.41, 5.74) is 1.07. The first-order valence-corrected chi connectivity index (χ1v) is 10.2. The van der Waals surface area contributed by atoms with Crippen molar-refractivity contribution in [2.24, 2.45) is 0 Å². The zero-order valence-corrected chi connectivity index (χ0v) is 16.5. The number of ether oxygens (including phenoxy) is 2. The van der Waals surface area contributed by atoms with Gasteiger partial charge in [0.25, 0.3) is 0 Å². The number of rotatable bonds is 4. The summed E-state index contributed by atoms with van der Waals surface area (Å²) in [5.74, 6) is -0.0936. The van der Waals surface area contributed by atoms with E-state index >= 15 is 0 Å². The predicted molar refractivity (Wildman–Crippen MR) is 107 cm³/mol. The van der Waals surface area contributed by atoms with Gasteiger partial charge in [-0.1, -0.05) is 18.6 Å². The molecule has 4 rings (SSSR count). The lowest BCUT2D eigenvalue weighted by molar-refractivity contribution is -0.155. The van der Waals surface area contributed by atoms with E-state index in [4.69, 9.17) is 9.47 Å². The Kier molecular flexibility index (Phi) is 6.92. The SMILES string of the molecule is Cl.O=C(Cc1cccc2sccc12)O[C@@H]1CCCC[C@H]1N1CCOCC1. The van der Waals surface area contributed by atoms with Crippen LogP contribution in [0.15, 0.2) is 29.6 Å². The molecule has 1 saturated heterocycles. The summed E-state index contributed by atoms with van der Waals surface area (Å²) in [6, 6.07) is 8.62. The first-order chi connectivity index (χ1) is 12.3. The Balaban J connectivity index is 0.00000196. The van der Waals surface area contributed by atoms with E-state index in [1.807, 2.05) is 12.1 Å². The van der Waals surface area contributed by atoms with Crippen LogP contribution in [0.5, 0.6) is 0 Å². The highest BCUT2D eigenvalue weighted by atomic mass is 35.5. The maximum atomic E-state index is 12.6. The molecular weight excluding hydrogens is 370 g/mol. The van der Waals surface area contributed by atoms with Crippen molar-refractivity contribution in [1.29, 1.82) is 0 Å². The number of morpholine rings is 1. The lowest BCUT2D eigenvalue weighted by atomic mass is 9.91. The van der Waals surface area contributed by atoms with Crippen LogP contribution in [0.4, 0.5) is 0 Å². The molecule has 142 valence electrons. The van der Waals surface area contributed by atoms with Gasteiger partial charge in [0.15, 0.2) is 0 Å². The van der Waals surface area contributed by atoms with Crippen LogP contribution in [-0.4, -0.2) is 49.3 Å². The monoisotopic (exact) mass is 395 g/mol. The minimum atomic E-state index is -0.0936. The highest BCUT2D eigenvalue weighted by molar-refractivity contribution is 7.17. The summed E-state index contributed by atoms with van der Waals surface area (Å²) in [4.78, 5) is 15.1. The van der Waals surface area contributed by atoms with Crippen LogP contribution < -0.4 is 0 Å². The predicted octanol–water partition coefficient (Wildman–Crippen LogP) is 4.05. The number of nitrogens with zero attached hydrogens (tertiary/aromatic N) is 1. The fourth-order valence-electron chi connectivity index (χ4n) is 4.12. The molecule has 1 aliphatic heterocycles. The normalized spacial score (nSPS) is 24.2. The van der Waals surface area contributed by atoms with Gasteiger partial charge in [0.1, 0.15) is 6.10 Å². The standard InChI is InChI=1S/C20H25NO3S.ClH/c22-20(14-15-4-3-7-19-16(15)8-13-25-19)24-18-6-2-1-5-17(18)21-9-11-23-12-10-21;/h3-4,7-8,13,17-18H,1-2,5-6,9-12,14H2;1H/t17-,18-;/m1./s1. The second-order valence-electron chi connectivity index (χ2n) is 6.95. The number of esters is 1. The van der Waals surface area contributed by atoms with Crippen molar-refractivity contribution in [2.75, 3.05) is 26.3 Å². The Morgan fingerprint density at radius 3 is 2.85 bits per heavy atom. The van der Waals surface area contributed by atoms with E-state index < -0.39 is 0 Å². The molecule has 0 spiro atoms. The number of hydrogen-bond acceptors (Lipinski definition) is 5. The number of carbonyl (C=O) groups is 1. The molecule has 2 atom stereocenters. The van der Waals surface area contributed by atoms with Gasteiger partial charge in [0.05, 0.1) is 19.6 Å². The third-order valence-electron chi connectivity index (χ3n) is 5.39. The van der Waals surface area contributed by atoms with Crippen molar-refractivity contribution in [1.82, 2.24) is 4.90 Å². The maximum Gasteiger partial charge on any atom is 0.310 e. The molecule has 0 radical (unpaired) electrons. The Morgan fingerprint density at radius 1 is 1.19 bits per heavy atom. The number of benzene rings is 1. The average molecular weight is 396 g/mol. The molecule has 2 fully saturated rings. The number of thiophene rings is 1. The fraction of sp³-hybridized carbons (Fsp3) is 0.550. The largest absolute Gasteiger partial charge is 0.460 e. The van der Waals surface area contributed by atoms with E-state index in [9.17, 15) is 4.79 Å². The van der Waals surface area contributed by atoms with Gasteiger partial charge in [0, 0.05) is 23.8 Å². The van der Waals surface area contributed by atoms with Crippen molar-refractivity contribution in [3.8, 4) is 0 Å². The molecule has 0 N–H and O–H groups in total. The first-order valence-electron chi connectivity index (χ1n) is 9.27. The summed E-state index contributed by atoms with van der Waals surface area (Å²) < 4.78 is 12.7. The molecule has 26 heavy (non-hydrogen) atoms. The molecule has 6 heteroatoms. The van der Waals surface area contributed by atoms with Crippen LogP contribution in [0.25, 0.3) is 10.1 Å². The van der Waals surface area contributed by atoms with E-state index in [1.165, 1.54) is 16.5 Å². The topological polar surface area (TPSA) is 38.8 Å². The van der Waals surface area contributed by atoms with E-state index in [0.29, 0.717) is 12.5 Å². The van der Waals surface area contributed by atoms with E-state index in [-0.39, 0.29) is 24.5 Å². The highest BCUT2D eigenvalue weighted by Gasteiger charge is 2.33. The number of halogens is 1. The Morgan fingerprint density at radius 2 is 2.00 bits per heavy atom. The van der Waals surface area contributed by atoms with Gasteiger partial charge < -0.3 is 9.47 Å². The zero-order chi connectivity index (χ0) is 17.1. The molecule has 2 aliphatic rings. The lowest BCUT2D eigenvalue weighted by Crippen LogP contribution is -2.51. The van der Waals surface area contributed by atoms with Gasteiger partial charge in [-0.25, -0.2) is 0 Å². The fourth-order valence-corrected chi connectivity index (χ4v) is 4.95. The average Bonchev–Trinajstić information content (AvgIpc) is 3.13. The summed E-state index contributed by atoms with van der Waals surface area (Å²) in [5, 5.41) is 3.26. The van der Waals surface area contributed by atoms with Gasteiger partial charge in [-0.05, 0) is 47.7 Å². The first kappa shape index (κ1) is 19.6. The van der Waals surface area contributed by atoms with Crippen molar-refractivity contribution in [3.05, 3.63) is 35.2 Å². The maximum absolute atomic E-state index is 12.6. The van der Waals surface area contributed by atoms with Crippen molar-refractivity contribution in [2.45, 2.75) is 44.2 Å². The van der Waals surface area contributed by atoms with E-state index in [0.717, 1.165) is 51.1 Å². The zero-order valence-electron chi connectivity index (χ0n) is 14.9. The minimum Gasteiger partial charge on any atom is -0.460 e. The molecular formula is C20H26ClNO3S. The van der Waals surface area contributed by atoms with Crippen molar-refractivity contribution >= 4 is 39.8 Å². The van der Waals surface area contributed by atoms with Crippen molar-refractivity contribution in [3.63, 3.8) is 0 Å². The second-order valence-corrected chi connectivity index (χ2v) is 7.90. The van der Waals surface area contributed by atoms with Gasteiger partial charge in [-0.15, -0.1) is 23.7 Å². The molecule has 0 amide bonds. The van der Waals surface area contributed by atoms with Crippen LogP contribution in [0.2, 0.25) is 0 Å². The summed E-state index contributed by atoms with van der Waals surface area (Å²) in [7, 11) is 0. The van der Waals surface area contributed by atoms with Crippen LogP contribution in [0.1, 0.15) is 31.2 Å². The molecule has 0 unspecified atom stereocenters. The molecule has 2 aromatic rings. The molecule has 1 aromatic heterocycles. The van der Waals surface area contributed by atoms with Crippen LogP contribution in [-0.2, 0) is 20.7 Å². The number of fused-ring (bicyclic) bond motifs is 1. The third-order valence-corrected chi connectivity index (χ3v) is 6.27. The molecule has 2 heterocycles. The highest BCUT2D eigenvalue weighted by Crippen LogP contribution is 2.28. The summed E-state index contributed by atoms with van der Waals surface area (Å²) >= 11 is 1.71. The summed E-state index contributed by atoms with van der Waals surface area (Å²) in [6.07, 6.45) is 4.87. The van der Waals surface area contributed by atoms with Crippen LogP contribution in [0.3, 0.4) is 0 Å². The smallest absolute Gasteiger partial charge is 0.310 e. The van der Waals surface area contributed by atoms with Gasteiger partial charge in [0.2, 0.25) is 0 Å². The minimum absolute atomic E-state index is 0. The molecule has 4 nitrogen and oxygen atoms in total. The van der Waals surface area contributed by atoms with Gasteiger partial charge >= 0.3 is 5.97 Å². The number of hydrogen-bond donors (Lipinski definition) is 0. The molecule has 1 aliphatic carbocycles. The van der Waals surface area contributed by atoms with Crippen molar-refractivity contribution < 1.29 is 14.3 Å². The third kappa shape index (κ3) is 4.39. The van der Waals surface area contributed by atoms with Gasteiger partial charge in [-0.2, -0.15) is 0 Å². The molecule has 1 aromatic carbocycles. The second kappa shape index (κ2) is 9.18. The number of carbonyl (C=O) groups excluding carboxylic acids is 1. The quantitative estimate of drug-likeness (QED) is 0.732. The van der Waals surface area contributed by atoms with Crippen LogP contribution in [0, 0.1) is 0 Å². The Bertz CT molecular complexity index is 729. The Labute approximate surface area is 164 Å². The van der Waals surface area contributed by atoms with E-state index in [2.05, 4.69) is 22.4 Å². The van der Waals surface area contributed by atoms with Crippen LogP contribution >= 0.6 is 23.7 Å². The molecule has 1 saturated carbocycles. The van der Waals surface area contributed by atoms with E-state index in [1.54, 1.807) is 11.3 Å². The summed E-state index contributed by atoms with van der Waals surface area (Å²) in [6.45, 7) is 3.48. The lowest BCUT2D eigenvalue weighted by Gasteiger charge is -2.41. The Hall–Kier alpha value is -1.14.